The molecule has 3 rings (SSSR count). The molecule has 0 radical (unpaired) electrons. The maximum Gasteiger partial charge on any atom is 0.253 e. The van der Waals surface area contributed by atoms with E-state index in [0.717, 1.165) is 36.6 Å². The average molecular weight is 272 g/mol. The van der Waals surface area contributed by atoms with Crippen LogP contribution in [0.5, 0.6) is 0 Å². The maximum atomic E-state index is 12.4. The summed E-state index contributed by atoms with van der Waals surface area (Å²) in [4.78, 5) is 15.5. The van der Waals surface area contributed by atoms with Crippen LogP contribution in [-0.2, 0) is 0 Å². The van der Waals surface area contributed by atoms with Crippen LogP contribution in [0.3, 0.4) is 0 Å². The Bertz CT molecular complexity index is 612. The van der Waals surface area contributed by atoms with Crippen molar-refractivity contribution in [1.29, 1.82) is 0 Å². The molecular weight excluding hydrogens is 252 g/mol. The SMILES string of the molecule is O=C(NCC1(CO)CCCC1)c1cccc2cc[nH]c12. The van der Waals surface area contributed by atoms with E-state index in [9.17, 15) is 9.90 Å². The smallest absolute Gasteiger partial charge is 0.253 e. The zero-order valence-electron chi connectivity index (χ0n) is 11.5. The molecule has 106 valence electrons. The number of amides is 1. The third-order valence-corrected chi connectivity index (χ3v) is 4.46. The summed E-state index contributed by atoms with van der Waals surface area (Å²) >= 11 is 0. The van der Waals surface area contributed by atoms with Gasteiger partial charge in [0.1, 0.15) is 0 Å². The van der Waals surface area contributed by atoms with Gasteiger partial charge in [-0.05, 0) is 25.0 Å². The minimum Gasteiger partial charge on any atom is -0.396 e. The van der Waals surface area contributed by atoms with Gasteiger partial charge in [0, 0.05) is 23.5 Å². The molecule has 1 aromatic carbocycles. The van der Waals surface area contributed by atoms with E-state index in [0.29, 0.717) is 12.1 Å². The first-order valence-corrected chi connectivity index (χ1v) is 7.19. The largest absolute Gasteiger partial charge is 0.396 e. The van der Waals surface area contributed by atoms with Crippen LogP contribution >= 0.6 is 0 Å². The molecule has 2 aromatic rings. The maximum absolute atomic E-state index is 12.4. The molecule has 1 amide bonds. The van der Waals surface area contributed by atoms with Crippen molar-refractivity contribution in [1.82, 2.24) is 10.3 Å². The van der Waals surface area contributed by atoms with E-state index >= 15 is 0 Å². The Morgan fingerprint density at radius 1 is 1.30 bits per heavy atom. The van der Waals surface area contributed by atoms with Crippen molar-refractivity contribution in [2.45, 2.75) is 25.7 Å². The monoisotopic (exact) mass is 272 g/mol. The van der Waals surface area contributed by atoms with Gasteiger partial charge in [0.15, 0.2) is 0 Å². The molecule has 0 saturated heterocycles. The van der Waals surface area contributed by atoms with Gasteiger partial charge in [-0.25, -0.2) is 0 Å². The van der Waals surface area contributed by atoms with Gasteiger partial charge in [-0.1, -0.05) is 25.0 Å². The highest BCUT2D eigenvalue weighted by Gasteiger charge is 2.33. The zero-order valence-corrected chi connectivity index (χ0v) is 11.5. The number of benzene rings is 1. The van der Waals surface area contributed by atoms with Crippen molar-refractivity contribution in [3.8, 4) is 0 Å². The van der Waals surface area contributed by atoms with E-state index in [1.165, 1.54) is 0 Å². The molecule has 1 aromatic heterocycles. The molecule has 3 N–H and O–H groups in total. The number of aliphatic hydroxyl groups excluding tert-OH is 1. The Kier molecular flexibility index (Phi) is 3.49. The van der Waals surface area contributed by atoms with Gasteiger partial charge in [-0.15, -0.1) is 0 Å². The third-order valence-electron chi connectivity index (χ3n) is 4.46. The van der Waals surface area contributed by atoms with Crippen molar-refractivity contribution < 1.29 is 9.90 Å². The second-order valence-corrected chi connectivity index (χ2v) is 5.80. The van der Waals surface area contributed by atoms with Gasteiger partial charge < -0.3 is 15.4 Å². The number of carbonyl (C=O) groups is 1. The highest BCUT2D eigenvalue weighted by Crippen LogP contribution is 2.36. The molecule has 1 fully saturated rings. The fourth-order valence-corrected chi connectivity index (χ4v) is 3.15. The molecule has 1 aliphatic rings. The minimum atomic E-state index is -0.112. The number of para-hydroxylation sites is 1. The summed E-state index contributed by atoms with van der Waals surface area (Å²) in [6, 6.07) is 7.66. The fraction of sp³-hybridized carbons (Fsp3) is 0.438. The number of aromatic amines is 1. The van der Waals surface area contributed by atoms with Crippen LogP contribution in [0.4, 0.5) is 0 Å². The second-order valence-electron chi connectivity index (χ2n) is 5.80. The first-order chi connectivity index (χ1) is 9.74. The highest BCUT2D eigenvalue weighted by molar-refractivity contribution is 6.05. The molecule has 0 aliphatic heterocycles. The number of fused-ring (bicyclic) bond motifs is 1. The number of hydrogen-bond donors (Lipinski definition) is 3. The number of rotatable bonds is 4. The van der Waals surface area contributed by atoms with Crippen LogP contribution in [0.1, 0.15) is 36.0 Å². The summed E-state index contributed by atoms with van der Waals surface area (Å²) in [5, 5.41) is 13.6. The van der Waals surface area contributed by atoms with Crippen molar-refractivity contribution in [3.05, 3.63) is 36.0 Å². The first-order valence-electron chi connectivity index (χ1n) is 7.19. The molecule has 20 heavy (non-hydrogen) atoms. The minimum absolute atomic E-state index is 0.0715. The van der Waals surface area contributed by atoms with Gasteiger partial charge in [-0.2, -0.15) is 0 Å². The highest BCUT2D eigenvalue weighted by atomic mass is 16.3. The zero-order chi connectivity index (χ0) is 14.0. The number of aromatic nitrogens is 1. The molecule has 0 spiro atoms. The Balaban J connectivity index is 1.75. The summed E-state index contributed by atoms with van der Waals surface area (Å²) in [5.41, 5.74) is 1.42. The summed E-state index contributed by atoms with van der Waals surface area (Å²) < 4.78 is 0. The Labute approximate surface area is 118 Å². The predicted molar refractivity (Wildman–Crippen MR) is 78.6 cm³/mol. The second kappa shape index (κ2) is 5.29. The van der Waals surface area contributed by atoms with E-state index in [4.69, 9.17) is 0 Å². The topological polar surface area (TPSA) is 65.1 Å². The van der Waals surface area contributed by atoms with E-state index in [2.05, 4.69) is 10.3 Å². The Hall–Kier alpha value is -1.81. The van der Waals surface area contributed by atoms with Crippen molar-refractivity contribution >= 4 is 16.8 Å². The molecule has 0 bridgehead atoms. The quantitative estimate of drug-likeness (QED) is 0.800. The van der Waals surface area contributed by atoms with E-state index < -0.39 is 0 Å². The molecule has 1 heterocycles. The third kappa shape index (κ3) is 2.31. The van der Waals surface area contributed by atoms with Gasteiger partial charge in [-0.3, -0.25) is 4.79 Å². The number of H-pyrrole nitrogens is 1. The molecular formula is C16H20N2O2. The van der Waals surface area contributed by atoms with Gasteiger partial charge in [0.2, 0.25) is 0 Å². The molecule has 1 saturated carbocycles. The number of carbonyl (C=O) groups excluding carboxylic acids is 1. The van der Waals surface area contributed by atoms with Crippen LogP contribution in [0.15, 0.2) is 30.5 Å². The number of hydrogen-bond acceptors (Lipinski definition) is 2. The van der Waals surface area contributed by atoms with Crippen LogP contribution in [0.25, 0.3) is 10.9 Å². The first kappa shape index (κ1) is 13.2. The summed E-state index contributed by atoms with van der Waals surface area (Å²) in [6.45, 7) is 0.708. The lowest BCUT2D eigenvalue weighted by molar-refractivity contribution is 0.0882. The van der Waals surface area contributed by atoms with Crippen LogP contribution in [-0.4, -0.2) is 29.1 Å². The Morgan fingerprint density at radius 2 is 2.10 bits per heavy atom. The Morgan fingerprint density at radius 3 is 2.85 bits per heavy atom. The van der Waals surface area contributed by atoms with E-state index in [1.54, 1.807) is 0 Å². The lowest BCUT2D eigenvalue weighted by Crippen LogP contribution is -2.38. The molecule has 4 nitrogen and oxygen atoms in total. The van der Waals surface area contributed by atoms with Gasteiger partial charge in [0.05, 0.1) is 17.7 Å². The summed E-state index contributed by atoms with van der Waals surface area (Å²) in [6.07, 6.45) is 6.12. The van der Waals surface area contributed by atoms with Gasteiger partial charge in [0.25, 0.3) is 5.91 Å². The lowest BCUT2D eigenvalue weighted by Gasteiger charge is -2.26. The molecule has 4 heteroatoms. The lowest BCUT2D eigenvalue weighted by atomic mass is 9.87. The number of aliphatic hydroxyl groups is 1. The molecule has 0 unspecified atom stereocenters. The van der Waals surface area contributed by atoms with Crippen LogP contribution < -0.4 is 5.32 Å². The predicted octanol–water partition coefficient (Wildman–Crippen LogP) is 2.45. The molecule has 0 atom stereocenters. The van der Waals surface area contributed by atoms with Crippen LogP contribution in [0, 0.1) is 5.41 Å². The number of nitrogens with one attached hydrogen (secondary N) is 2. The normalized spacial score (nSPS) is 17.4. The van der Waals surface area contributed by atoms with E-state index in [-0.39, 0.29) is 17.9 Å². The van der Waals surface area contributed by atoms with Crippen LogP contribution in [0.2, 0.25) is 0 Å². The fourth-order valence-electron chi connectivity index (χ4n) is 3.15. The molecule has 1 aliphatic carbocycles. The van der Waals surface area contributed by atoms with Gasteiger partial charge >= 0.3 is 0 Å². The van der Waals surface area contributed by atoms with E-state index in [1.807, 2.05) is 30.5 Å². The summed E-state index contributed by atoms with van der Waals surface area (Å²) in [7, 11) is 0. The van der Waals surface area contributed by atoms with Crippen molar-refractivity contribution in [2.24, 2.45) is 5.41 Å². The van der Waals surface area contributed by atoms with Crippen molar-refractivity contribution in [3.63, 3.8) is 0 Å². The average Bonchev–Trinajstić information content (AvgIpc) is 3.13. The standard InChI is InChI=1S/C16H20N2O2/c19-11-16(7-1-2-8-16)10-18-15(20)13-5-3-4-12-6-9-17-14(12)13/h3-6,9,17,19H,1-2,7-8,10-11H2,(H,18,20). The van der Waals surface area contributed by atoms with Crippen molar-refractivity contribution in [2.75, 3.05) is 13.2 Å². The summed E-state index contributed by atoms with van der Waals surface area (Å²) in [5.74, 6) is -0.0715.